The molecule has 0 aliphatic heterocycles. The Labute approximate surface area is 95.5 Å². The predicted molar refractivity (Wildman–Crippen MR) is 63.1 cm³/mol. The van der Waals surface area contributed by atoms with Gasteiger partial charge in [-0.25, -0.2) is 4.39 Å². The van der Waals surface area contributed by atoms with Gasteiger partial charge in [0.15, 0.2) is 0 Å². The molecule has 1 saturated carbocycles. The summed E-state index contributed by atoms with van der Waals surface area (Å²) in [4.78, 5) is 0. The molecule has 2 rings (SSSR count). The molecule has 0 bridgehead atoms. The van der Waals surface area contributed by atoms with Crippen molar-refractivity contribution in [2.45, 2.75) is 38.6 Å². The summed E-state index contributed by atoms with van der Waals surface area (Å²) < 4.78 is 12.8. The second kappa shape index (κ2) is 4.73. The highest BCUT2D eigenvalue weighted by molar-refractivity contribution is 5.56. The van der Waals surface area contributed by atoms with Crippen LogP contribution in [0.15, 0.2) is 18.2 Å². The molecular weight excluding hydrogens is 205 g/mol. The Balaban J connectivity index is 1.98. The molecule has 1 aliphatic rings. The summed E-state index contributed by atoms with van der Waals surface area (Å²) in [7, 11) is 0. The van der Waals surface area contributed by atoms with Gasteiger partial charge in [0.05, 0.1) is 5.69 Å². The van der Waals surface area contributed by atoms with Gasteiger partial charge in [-0.3, -0.25) is 0 Å². The van der Waals surface area contributed by atoms with Gasteiger partial charge in [-0.2, -0.15) is 0 Å². The van der Waals surface area contributed by atoms with Crippen molar-refractivity contribution in [3.05, 3.63) is 24.0 Å². The maximum atomic E-state index is 12.8. The lowest BCUT2D eigenvalue weighted by Crippen LogP contribution is -2.25. The van der Waals surface area contributed by atoms with Crippen LogP contribution in [0.2, 0.25) is 0 Å². The zero-order chi connectivity index (χ0) is 11.5. The number of hydrogen-bond donors (Lipinski definition) is 2. The van der Waals surface area contributed by atoms with E-state index in [1.54, 1.807) is 6.07 Å². The maximum absolute atomic E-state index is 12.8. The number of rotatable bonds is 2. The predicted octanol–water partition coefficient (Wildman–Crippen LogP) is 3.52. The van der Waals surface area contributed by atoms with E-state index in [2.05, 4.69) is 12.2 Å². The van der Waals surface area contributed by atoms with Crippen molar-refractivity contribution in [1.82, 2.24) is 0 Å². The van der Waals surface area contributed by atoms with Crippen LogP contribution in [0.3, 0.4) is 0 Å². The number of phenolic OH excluding ortho intramolecular Hbond substituents is 1. The second-order valence-corrected chi connectivity index (χ2v) is 4.76. The summed E-state index contributed by atoms with van der Waals surface area (Å²) >= 11 is 0. The average Bonchev–Trinajstić information content (AvgIpc) is 2.25. The highest BCUT2D eigenvalue weighted by Gasteiger charge is 2.18. The Morgan fingerprint density at radius 2 is 1.94 bits per heavy atom. The molecule has 1 aliphatic carbocycles. The third kappa shape index (κ3) is 2.65. The van der Waals surface area contributed by atoms with Crippen molar-refractivity contribution in [1.29, 1.82) is 0 Å². The van der Waals surface area contributed by atoms with Crippen molar-refractivity contribution >= 4 is 5.69 Å². The van der Waals surface area contributed by atoms with E-state index in [-0.39, 0.29) is 5.75 Å². The maximum Gasteiger partial charge on any atom is 0.141 e. The number of phenols is 1. The quantitative estimate of drug-likeness (QED) is 0.752. The third-order valence-corrected chi connectivity index (χ3v) is 3.34. The molecule has 0 atom stereocenters. The molecule has 0 heterocycles. The van der Waals surface area contributed by atoms with Crippen molar-refractivity contribution in [2.75, 3.05) is 5.32 Å². The van der Waals surface area contributed by atoms with Gasteiger partial charge in [-0.15, -0.1) is 0 Å². The Kier molecular flexibility index (Phi) is 3.32. The number of aromatic hydroxyl groups is 1. The first kappa shape index (κ1) is 11.2. The van der Waals surface area contributed by atoms with Crippen molar-refractivity contribution in [3.8, 4) is 5.75 Å². The van der Waals surface area contributed by atoms with Gasteiger partial charge in [0.25, 0.3) is 0 Å². The summed E-state index contributed by atoms with van der Waals surface area (Å²) in [6.07, 6.45) is 4.69. The van der Waals surface area contributed by atoms with Crippen LogP contribution in [-0.2, 0) is 0 Å². The van der Waals surface area contributed by atoms with Gasteiger partial charge in [-0.05, 0) is 43.7 Å². The third-order valence-electron chi connectivity index (χ3n) is 3.34. The zero-order valence-corrected chi connectivity index (χ0v) is 9.54. The highest BCUT2D eigenvalue weighted by Crippen LogP contribution is 2.29. The Morgan fingerprint density at radius 3 is 2.56 bits per heavy atom. The van der Waals surface area contributed by atoms with E-state index in [0.717, 1.165) is 24.8 Å². The largest absolute Gasteiger partial charge is 0.506 e. The minimum absolute atomic E-state index is 0.00128. The molecule has 3 heteroatoms. The molecule has 1 aromatic rings. The lowest BCUT2D eigenvalue weighted by Gasteiger charge is -2.27. The Morgan fingerprint density at radius 1 is 1.25 bits per heavy atom. The molecule has 2 nitrogen and oxygen atoms in total. The lowest BCUT2D eigenvalue weighted by atomic mass is 9.87. The summed E-state index contributed by atoms with van der Waals surface area (Å²) in [5, 5.41) is 12.9. The second-order valence-electron chi connectivity index (χ2n) is 4.76. The smallest absolute Gasteiger partial charge is 0.141 e. The lowest BCUT2D eigenvalue weighted by molar-refractivity contribution is 0.360. The zero-order valence-electron chi connectivity index (χ0n) is 9.54. The molecule has 0 saturated heterocycles. The van der Waals surface area contributed by atoms with Gasteiger partial charge in [-0.1, -0.05) is 6.92 Å². The number of halogens is 1. The standard InChI is InChI=1S/C13H18FNO/c1-9-2-5-11(6-3-9)15-12-7-4-10(14)8-13(12)16/h4,7-9,11,15-16H,2-3,5-6H2,1H3. The number of nitrogens with one attached hydrogen (secondary N) is 1. The first-order valence-electron chi connectivity index (χ1n) is 5.90. The summed E-state index contributed by atoms with van der Waals surface area (Å²) in [5.74, 6) is 0.402. The topological polar surface area (TPSA) is 32.3 Å². The average molecular weight is 223 g/mol. The first-order chi connectivity index (χ1) is 7.65. The molecule has 0 unspecified atom stereocenters. The molecule has 1 fully saturated rings. The van der Waals surface area contributed by atoms with Gasteiger partial charge < -0.3 is 10.4 Å². The number of benzene rings is 1. The summed E-state index contributed by atoms with van der Waals surface area (Å²) in [6.45, 7) is 2.27. The van der Waals surface area contributed by atoms with Crippen molar-refractivity contribution < 1.29 is 9.50 Å². The molecule has 88 valence electrons. The van der Waals surface area contributed by atoms with Crippen molar-refractivity contribution in [3.63, 3.8) is 0 Å². The van der Waals surface area contributed by atoms with Gasteiger partial charge >= 0.3 is 0 Å². The van der Waals surface area contributed by atoms with E-state index in [0.29, 0.717) is 11.7 Å². The van der Waals surface area contributed by atoms with Crippen LogP contribution in [0.5, 0.6) is 5.75 Å². The monoisotopic (exact) mass is 223 g/mol. The minimum atomic E-state index is -0.402. The van der Waals surface area contributed by atoms with E-state index in [1.165, 1.54) is 18.9 Å². The fraction of sp³-hybridized carbons (Fsp3) is 0.538. The fourth-order valence-electron chi connectivity index (χ4n) is 2.25. The van der Waals surface area contributed by atoms with E-state index >= 15 is 0 Å². The Hall–Kier alpha value is -1.25. The van der Waals surface area contributed by atoms with Gasteiger partial charge in [0.2, 0.25) is 0 Å². The van der Waals surface area contributed by atoms with E-state index < -0.39 is 5.82 Å². The molecule has 0 amide bonds. The molecule has 0 aromatic heterocycles. The summed E-state index contributed by atoms with van der Waals surface area (Å²) in [6, 6.07) is 4.52. The molecular formula is C13H18FNO. The van der Waals surface area contributed by atoms with Crippen LogP contribution in [0, 0.1) is 11.7 Å². The molecule has 0 radical (unpaired) electrons. The van der Waals surface area contributed by atoms with Crippen LogP contribution in [0.1, 0.15) is 32.6 Å². The number of hydrogen-bond acceptors (Lipinski definition) is 2. The van der Waals surface area contributed by atoms with E-state index in [9.17, 15) is 9.50 Å². The van der Waals surface area contributed by atoms with E-state index in [1.807, 2.05) is 0 Å². The van der Waals surface area contributed by atoms with Gasteiger partial charge in [0, 0.05) is 12.1 Å². The molecule has 2 N–H and O–H groups in total. The van der Waals surface area contributed by atoms with Crippen LogP contribution in [0.4, 0.5) is 10.1 Å². The van der Waals surface area contributed by atoms with Crippen LogP contribution >= 0.6 is 0 Å². The van der Waals surface area contributed by atoms with Crippen molar-refractivity contribution in [2.24, 2.45) is 5.92 Å². The normalized spacial score (nSPS) is 25.4. The van der Waals surface area contributed by atoms with Crippen LogP contribution in [-0.4, -0.2) is 11.1 Å². The van der Waals surface area contributed by atoms with Gasteiger partial charge in [0.1, 0.15) is 11.6 Å². The fourth-order valence-corrected chi connectivity index (χ4v) is 2.25. The molecule has 16 heavy (non-hydrogen) atoms. The summed E-state index contributed by atoms with van der Waals surface area (Å²) in [5.41, 5.74) is 0.640. The minimum Gasteiger partial charge on any atom is -0.506 e. The Bertz CT molecular complexity index is 359. The first-order valence-corrected chi connectivity index (χ1v) is 5.90. The highest BCUT2D eigenvalue weighted by atomic mass is 19.1. The molecule has 0 spiro atoms. The van der Waals surface area contributed by atoms with Crippen LogP contribution < -0.4 is 5.32 Å². The molecule has 1 aromatic carbocycles. The van der Waals surface area contributed by atoms with E-state index in [4.69, 9.17) is 0 Å². The SMILES string of the molecule is CC1CCC(Nc2ccc(F)cc2O)CC1. The number of anilines is 1. The van der Waals surface area contributed by atoms with Crippen LogP contribution in [0.25, 0.3) is 0 Å².